The van der Waals surface area contributed by atoms with Crippen LogP contribution in [0.15, 0.2) is 59.2 Å². The molecule has 2 atom stereocenters. The van der Waals surface area contributed by atoms with Gasteiger partial charge in [-0.05, 0) is 74.9 Å². The molecular formula is C24H28N2O2. The fourth-order valence-electron chi connectivity index (χ4n) is 5.45. The van der Waals surface area contributed by atoms with Crippen LogP contribution in [0.25, 0.3) is 11.0 Å². The Kier molecular flexibility index (Phi) is 4.31. The summed E-state index contributed by atoms with van der Waals surface area (Å²) < 4.78 is 5.46. The molecule has 0 amide bonds. The van der Waals surface area contributed by atoms with E-state index in [2.05, 4.69) is 66.4 Å². The number of benzene rings is 2. The quantitative estimate of drug-likeness (QED) is 0.752. The molecule has 146 valence electrons. The van der Waals surface area contributed by atoms with Crippen molar-refractivity contribution in [2.24, 2.45) is 0 Å². The van der Waals surface area contributed by atoms with Crippen LogP contribution in [0, 0.1) is 0 Å². The summed E-state index contributed by atoms with van der Waals surface area (Å²) in [4.78, 5) is 4.69. The molecule has 1 aliphatic carbocycles. The van der Waals surface area contributed by atoms with Crippen molar-refractivity contribution in [3.05, 3.63) is 71.5 Å². The molecule has 1 saturated heterocycles. The van der Waals surface area contributed by atoms with Gasteiger partial charge in [-0.3, -0.25) is 4.90 Å². The SMILES string of the molecule is CN(C)[C@@H]1c2ccccc2C2(CCN(Cc3ccc4occc4c3)CC2)[C@H]1O. The van der Waals surface area contributed by atoms with Gasteiger partial charge in [0, 0.05) is 17.3 Å². The van der Waals surface area contributed by atoms with Crippen molar-refractivity contribution in [3.63, 3.8) is 0 Å². The van der Waals surface area contributed by atoms with Gasteiger partial charge in [-0.1, -0.05) is 30.3 Å². The van der Waals surface area contributed by atoms with Crippen molar-refractivity contribution in [3.8, 4) is 0 Å². The molecule has 0 unspecified atom stereocenters. The summed E-state index contributed by atoms with van der Waals surface area (Å²) in [6, 6.07) is 17.2. The number of aliphatic hydroxyl groups excluding tert-OH is 1. The smallest absolute Gasteiger partial charge is 0.133 e. The summed E-state index contributed by atoms with van der Waals surface area (Å²) in [7, 11) is 4.15. The van der Waals surface area contributed by atoms with Crippen molar-refractivity contribution in [2.45, 2.75) is 36.9 Å². The molecule has 1 fully saturated rings. The van der Waals surface area contributed by atoms with Crippen molar-refractivity contribution < 1.29 is 9.52 Å². The number of furan rings is 1. The lowest BCUT2D eigenvalue weighted by Crippen LogP contribution is -2.49. The Morgan fingerprint density at radius 1 is 1.11 bits per heavy atom. The molecular weight excluding hydrogens is 348 g/mol. The van der Waals surface area contributed by atoms with Gasteiger partial charge in [-0.15, -0.1) is 0 Å². The number of hydrogen-bond donors (Lipinski definition) is 1. The molecule has 5 rings (SSSR count). The molecule has 1 N–H and O–H groups in total. The van der Waals surface area contributed by atoms with Gasteiger partial charge < -0.3 is 14.4 Å². The van der Waals surface area contributed by atoms with E-state index in [1.54, 1.807) is 6.26 Å². The Balaban J connectivity index is 1.36. The number of hydrogen-bond acceptors (Lipinski definition) is 4. The summed E-state index contributed by atoms with van der Waals surface area (Å²) >= 11 is 0. The van der Waals surface area contributed by atoms with E-state index in [4.69, 9.17) is 4.42 Å². The van der Waals surface area contributed by atoms with E-state index in [0.717, 1.165) is 38.1 Å². The average Bonchev–Trinajstić information content (AvgIpc) is 3.25. The average molecular weight is 377 g/mol. The van der Waals surface area contributed by atoms with Crippen molar-refractivity contribution in [1.29, 1.82) is 0 Å². The number of nitrogens with zero attached hydrogens (tertiary/aromatic N) is 2. The molecule has 28 heavy (non-hydrogen) atoms. The number of likely N-dealkylation sites (tertiary alicyclic amines) is 1. The van der Waals surface area contributed by atoms with Gasteiger partial charge in [-0.2, -0.15) is 0 Å². The molecule has 2 aliphatic rings. The molecule has 1 aliphatic heterocycles. The third-order valence-electron chi connectivity index (χ3n) is 6.91. The lowest BCUT2D eigenvalue weighted by Gasteiger charge is -2.43. The van der Waals surface area contributed by atoms with E-state index < -0.39 is 0 Å². The third kappa shape index (κ3) is 2.71. The molecule has 1 aromatic heterocycles. The fourth-order valence-corrected chi connectivity index (χ4v) is 5.45. The Hall–Kier alpha value is -2.14. The number of likely N-dealkylation sites (N-methyl/N-ethyl adjacent to an activating group) is 1. The van der Waals surface area contributed by atoms with Crippen molar-refractivity contribution >= 4 is 11.0 Å². The summed E-state index contributed by atoms with van der Waals surface area (Å²) in [5.74, 6) is 0. The Morgan fingerprint density at radius 3 is 2.68 bits per heavy atom. The van der Waals surface area contributed by atoms with Gasteiger partial charge in [-0.25, -0.2) is 0 Å². The first-order valence-corrected chi connectivity index (χ1v) is 10.2. The predicted octanol–water partition coefficient (Wildman–Crippen LogP) is 3.94. The Bertz CT molecular complexity index is 985. The molecule has 3 aromatic rings. The van der Waals surface area contributed by atoms with E-state index in [9.17, 15) is 5.11 Å². The topological polar surface area (TPSA) is 39.9 Å². The van der Waals surface area contributed by atoms with Crippen LogP contribution in [-0.4, -0.2) is 48.2 Å². The minimum atomic E-state index is -0.343. The molecule has 1 spiro atoms. The Labute approximate surface area is 166 Å². The second-order valence-corrected chi connectivity index (χ2v) is 8.67. The maximum atomic E-state index is 11.4. The second-order valence-electron chi connectivity index (χ2n) is 8.67. The van der Waals surface area contributed by atoms with Crippen LogP contribution in [0.1, 0.15) is 35.6 Å². The van der Waals surface area contributed by atoms with Crippen LogP contribution >= 0.6 is 0 Å². The summed E-state index contributed by atoms with van der Waals surface area (Å²) in [5.41, 5.74) is 4.82. The minimum absolute atomic E-state index is 0.0891. The highest BCUT2D eigenvalue weighted by Crippen LogP contribution is 2.52. The van der Waals surface area contributed by atoms with Crippen LogP contribution in [0.5, 0.6) is 0 Å². The van der Waals surface area contributed by atoms with Crippen LogP contribution in [0.4, 0.5) is 0 Å². The van der Waals surface area contributed by atoms with Crippen molar-refractivity contribution in [2.75, 3.05) is 27.2 Å². The highest BCUT2D eigenvalue weighted by atomic mass is 16.3. The maximum Gasteiger partial charge on any atom is 0.133 e. The van der Waals surface area contributed by atoms with Gasteiger partial charge in [0.2, 0.25) is 0 Å². The van der Waals surface area contributed by atoms with E-state index in [0.29, 0.717) is 0 Å². The first-order valence-electron chi connectivity index (χ1n) is 10.2. The molecule has 2 heterocycles. The molecule has 0 bridgehead atoms. The summed E-state index contributed by atoms with van der Waals surface area (Å²) in [5, 5.41) is 12.5. The van der Waals surface area contributed by atoms with Crippen LogP contribution < -0.4 is 0 Å². The van der Waals surface area contributed by atoms with Gasteiger partial charge in [0.15, 0.2) is 0 Å². The first kappa shape index (κ1) is 17.9. The van der Waals surface area contributed by atoms with E-state index >= 15 is 0 Å². The third-order valence-corrected chi connectivity index (χ3v) is 6.91. The zero-order valence-corrected chi connectivity index (χ0v) is 16.6. The van der Waals surface area contributed by atoms with Crippen molar-refractivity contribution in [1.82, 2.24) is 9.80 Å². The highest BCUT2D eigenvalue weighted by Gasteiger charge is 2.52. The van der Waals surface area contributed by atoms with Gasteiger partial charge >= 0.3 is 0 Å². The van der Waals surface area contributed by atoms with Crippen LogP contribution in [-0.2, 0) is 12.0 Å². The Morgan fingerprint density at radius 2 is 1.89 bits per heavy atom. The van der Waals surface area contributed by atoms with E-state index in [-0.39, 0.29) is 17.6 Å². The number of aliphatic hydroxyl groups is 1. The van der Waals surface area contributed by atoms with E-state index in [1.807, 2.05) is 6.07 Å². The van der Waals surface area contributed by atoms with Gasteiger partial charge in [0.25, 0.3) is 0 Å². The van der Waals surface area contributed by atoms with Crippen LogP contribution in [0.2, 0.25) is 0 Å². The van der Waals surface area contributed by atoms with E-state index in [1.165, 1.54) is 22.1 Å². The molecule has 0 saturated carbocycles. The second kappa shape index (κ2) is 6.73. The fraction of sp³-hybridized carbons (Fsp3) is 0.417. The number of fused-ring (bicyclic) bond motifs is 3. The summed E-state index contributed by atoms with van der Waals surface area (Å²) in [6.45, 7) is 2.97. The largest absolute Gasteiger partial charge is 0.464 e. The zero-order valence-electron chi connectivity index (χ0n) is 16.6. The van der Waals surface area contributed by atoms with Gasteiger partial charge in [0.1, 0.15) is 5.58 Å². The predicted molar refractivity (Wildman–Crippen MR) is 111 cm³/mol. The van der Waals surface area contributed by atoms with Gasteiger partial charge in [0.05, 0.1) is 18.4 Å². The lowest BCUT2D eigenvalue weighted by atomic mass is 9.72. The zero-order chi connectivity index (χ0) is 19.3. The monoisotopic (exact) mass is 376 g/mol. The summed E-state index contributed by atoms with van der Waals surface area (Å²) in [6.07, 6.45) is 3.41. The molecule has 0 radical (unpaired) electrons. The highest BCUT2D eigenvalue weighted by molar-refractivity contribution is 5.77. The first-order chi connectivity index (χ1) is 13.6. The normalized spacial score (nSPS) is 24.3. The molecule has 2 aromatic carbocycles. The minimum Gasteiger partial charge on any atom is -0.464 e. The maximum absolute atomic E-state index is 11.4. The molecule has 4 heteroatoms. The molecule has 4 nitrogen and oxygen atoms in total. The van der Waals surface area contributed by atoms with Crippen LogP contribution in [0.3, 0.4) is 0 Å². The standard InChI is InChI=1S/C24H28N2O2/c1-25(2)22-19-5-3-4-6-20(19)24(23(22)27)10-12-26(13-11-24)16-17-7-8-21-18(15-17)9-14-28-21/h3-9,14-15,22-23,27H,10-13,16H2,1-2H3/t22-,23+/m1/s1. The number of piperidine rings is 1. The number of rotatable bonds is 3. The lowest BCUT2D eigenvalue weighted by molar-refractivity contribution is -0.00392.